The summed E-state index contributed by atoms with van der Waals surface area (Å²) in [5, 5.41) is 13.6. The van der Waals surface area contributed by atoms with Crippen LogP contribution in [0.1, 0.15) is 28.8 Å². The Morgan fingerprint density at radius 3 is 3.06 bits per heavy atom. The molecule has 2 aromatic heterocycles. The number of nitrogens with zero attached hydrogens (tertiary/aromatic N) is 4. The predicted octanol–water partition coefficient (Wildman–Crippen LogP) is 0.0731. The first-order valence-electron chi connectivity index (χ1n) is 5.85. The van der Waals surface area contributed by atoms with Crippen molar-refractivity contribution >= 4 is 5.91 Å². The molecule has 7 heteroatoms. The lowest BCUT2D eigenvalue weighted by molar-refractivity contribution is 0.0953. The van der Waals surface area contributed by atoms with Gasteiger partial charge in [-0.2, -0.15) is 10.2 Å². The summed E-state index contributed by atoms with van der Waals surface area (Å²) < 4.78 is 1.66. The van der Waals surface area contributed by atoms with Gasteiger partial charge in [0.15, 0.2) is 0 Å². The Labute approximate surface area is 105 Å². The van der Waals surface area contributed by atoms with E-state index in [2.05, 4.69) is 25.6 Å². The van der Waals surface area contributed by atoms with Gasteiger partial charge in [-0.25, -0.2) is 4.98 Å². The zero-order chi connectivity index (χ0) is 13.0. The van der Waals surface area contributed by atoms with Crippen LogP contribution in [0, 0.1) is 0 Å². The first kappa shape index (κ1) is 12.3. The van der Waals surface area contributed by atoms with Gasteiger partial charge in [-0.1, -0.05) is 6.92 Å². The lowest BCUT2D eigenvalue weighted by Gasteiger charge is -2.02. The van der Waals surface area contributed by atoms with Gasteiger partial charge in [0.2, 0.25) is 0 Å². The Morgan fingerprint density at radius 2 is 2.39 bits per heavy atom. The molecule has 0 saturated heterocycles. The van der Waals surface area contributed by atoms with E-state index in [0.29, 0.717) is 18.5 Å². The molecule has 0 aliphatic carbocycles. The molecule has 2 rings (SSSR count). The third-order valence-corrected chi connectivity index (χ3v) is 2.60. The quantitative estimate of drug-likeness (QED) is 0.784. The van der Waals surface area contributed by atoms with Gasteiger partial charge in [0, 0.05) is 26.2 Å². The SMILES string of the molecule is CCc1nn(C)cc1C(=O)NCCc1ncn[nH]1. The zero-order valence-corrected chi connectivity index (χ0v) is 10.5. The van der Waals surface area contributed by atoms with Gasteiger partial charge in [-0.05, 0) is 6.42 Å². The number of hydrogen-bond acceptors (Lipinski definition) is 4. The van der Waals surface area contributed by atoms with Gasteiger partial charge < -0.3 is 5.32 Å². The molecule has 0 saturated carbocycles. The monoisotopic (exact) mass is 248 g/mol. The second-order valence-corrected chi connectivity index (χ2v) is 3.95. The summed E-state index contributed by atoms with van der Waals surface area (Å²) in [5.41, 5.74) is 1.45. The number of amides is 1. The average Bonchev–Trinajstić information content (AvgIpc) is 2.98. The van der Waals surface area contributed by atoms with E-state index >= 15 is 0 Å². The predicted molar refractivity (Wildman–Crippen MR) is 65.0 cm³/mol. The minimum atomic E-state index is -0.0977. The van der Waals surface area contributed by atoms with Gasteiger partial charge in [0.1, 0.15) is 12.2 Å². The largest absolute Gasteiger partial charge is 0.351 e. The summed E-state index contributed by atoms with van der Waals surface area (Å²) in [6, 6.07) is 0. The third kappa shape index (κ3) is 2.73. The molecule has 0 unspecified atom stereocenters. The molecule has 0 radical (unpaired) electrons. The van der Waals surface area contributed by atoms with Crippen molar-refractivity contribution in [1.82, 2.24) is 30.3 Å². The van der Waals surface area contributed by atoms with Crippen molar-refractivity contribution in [3.63, 3.8) is 0 Å². The Balaban J connectivity index is 1.91. The summed E-state index contributed by atoms with van der Waals surface area (Å²) in [7, 11) is 1.81. The number of aromatic nitrogens is 5. The molecule has 2 N–H and O–H groups in total. The van der Waals surface area contributed by atoms with Crippen LogP contribution in [0.5, 0.6) is 0 Å². The van der Waals surface area contributed by atoms with Crippen LogP contribution >= 0.6 is 0 Å². The first-order valence-corrected chi connectivity index (χ1v) is 5.85. The highest BCUT2D eigenvalue weighted by Gasteiger charge is 2.13. The third-order valence-electron chi connectivity index (χ3n) is 2.60. The number of hydrogen-bond donors (Lipinski definition) is 2. The van der Waals surface area contributed by atoms with Gasteiger partial charge in [-0.3, -0.25) is 14.6 Å². The lowest BCUT2D eigenvalue weighted by Crippen LogP contribution is -2.26. The first-order chi connectivity index (χ1) is 8.70. The Morgan fingerprint density at radius 1 is 1.56 bits per heavy atom. The van der Waals surface area contributed by atoms with Crippen molar-refractivity contribution in [2.45, 2.75) is 19.8 Å². The molecule has 18 heavy (non-hydrogen) atoms. The van der Waals surface area contributed by atoms with Crippen LogP contribution in [0.25, 0.3) is 0 Å². The molecule has 0 fully saturated rings. The molecule has 7 nitrogen and oxygen atoms in total. The van der Waals surface area contributed by atoms with E-state index in [4.69, 9.17) is 0 Å². The summed E-state index contributed by atoms with van der Waals surface area (Å²) in [4.78, 5) is 15.9. The van der Waals surface area contributed by atoms with Gasteiger partial charge in [0.05, 0.1) is 11.3 Å². The van der Waals surface area contributed by atoms with Crippen LogP contribution in [0.2, 0.25) is 0 Å². The van der Waals surface area contributed by atoms with Crippen molar-refractivity contribution in [2.24, 2.45) is 7.05 Å². The fraction of sp³-hybridized carbons (Fsp3) is 0.455. The smallest absolute Gasteiger partial charge is 0.254 e. The van der Waals surface area contributed by atoms with Crippen LogP contribution in [0.3, 0.4) is 0 Å². The molecule has 0 aromatic carbocycles. The Bertz CT molecular complexity index is 516. The normalized spacial score (nSPS) is 10.6. The number of aryl methyl sites for hydroxylation is 2. The fourth-order valence-corrected chi connectivity index (χ4v) is 1.73. The number of nitrogens with one attached hydrogen (secondary N) is 2. The number of H-pyrrole nitrogens is 1. The van der Waals surface area contributed by atoms with Crippen molar-refractivity contribution in [1.29, 1.82) is 0 Å². The Kier molecular flexibility index (Phi) is 3.71. The van der Waals surface area contributed by atoms with E-state index in [1.165, 1.54) is 6.33 Å². The molecular weight excluding hydrogens is 232 g/mol. The van der Waals surface area contributed by atoms with E-state index < -0.39 is 0 Å². The molecule has 0 spiro atoms. The molecule has 2 heterocycles. The maximum absolute atomic E-state index is 12.0. The van der Waals surface area contributed by atoms with E-state index in [9.17, 15) is 4.79 Å². The van der Waals surface area contributed by atoms with Crippen LogP contribution in [-0.4, -0.2) is 37.4 Å². The van der Waals surface area contributed by atoms with Crippen molar-refractivity contribution in [2.75, 3.05) is 6.54 Å². The maximum atomic E-state index is 12.0. The molecule has 1 amide bonds. The van der Waals surface area contributed by atoms with E-state index in [1.807, 2.05) is 14.0 Å². The number of aromatic amines is 1. The molecule has 0 bridgehead atoms. The highest BCUT2D eigenvalue weighted by molar-refractivity contribution is 5.95. The highest BCUT2D eigenvalue weighted by Crippen LogP contribution is 2.06. The second-order valence-electron chi connectivity index (χ2n) is 3.95. The van der Waals surface area contributed by atoms with Crippen LogP contribution in [0.4, 0.5) is 0 Å². The summed E-state index contributed by atoms with van der Waals surface area (Å²) in [5.74, 6) is 0.664. The molecule has 96 valence electrons. The topological polar surface area (TPSA) is 88.5 Å². The van der Waals surface area contributed by atoms with E-state index in [0.717, 1.165) is 17.9 Å². The van der Waals surface area contributed by atoms with Crippen LogP contribution in [0.15, 0.2) is 12.5 Å². The van der Waals surface area contributed by atoms with Gasteiger partial charge in [0.25, 0.3) is 5.91 Å². The maximum Gasteiger partial charge on any atom is 0.254 e. The van der Waals surface area contributed by atoms with Crippen molar-refractivity contribution in [3.8, 4) is 0 Å². The summed E-state index contributed by atoms with van der Waals surface area (Å²) in [6.07, 6.45) is 4.56. The number of rotatable bonds is 5. The standard InChI is InChI=1S/C11H16N6O/c1-3-9-8(6-17(2)16-9)11(18)12-5-4-10-13-7-14-15-10/h6-7H,3-5H2,1-2H3,(H,12,18)(H,13,14,15). The molecule has 2 aromatic rings. The molecule has 0 aliphatic heterocycles. The highest BCUT2D eigenvalue weighted by atomic mass is 16.1. The summed E-state index contributed by atoms with van der Waals surface area (Å²) >= 11 is 0. The minimum Gasteiger partial charge on any atom is -0.351 e. The second kappa shape index (κ2) is 5.44. The minimum absolute atomic E-state index is 0.0977. The van der Waals surface area contributed by atoms with Crippen LogP contribution in [-0.2, 0) is 19.9 Å². The van der Waals surface area contributed by atoms with Gasteiger partial charge in [-0.15, -0.1) is 0 Å². The molecular formula is C11H16N6O. The van der Waals surface area contributed by atoms with Gasteiger partial charge >= 0.3 is 0 Å². The van der Waals surface area contributed by atoms with E-state index in [-0.39, 0.29) is 5.91 Å². The van der Waals surface area contributed by atoms with Crippen molar-refractivity contribution < 1.29 is 4.79 Å². The molecule has 0 atom stereocenters. The molecule has 0 aliphatic rings. The fourth-order valence-electron chi connectivity index (χ4n) is 1.73. The zero-order valence-electron chi connectivity index (χ0n) is 10.5. The van der Waals surface area contributed by atoms with Crippen molar-refractivity contribution in [3.05, 3.63) is 29.6 Å². The average molecular weight is 248 g/mol. The number of carbonyl (C=O) groups is 1. The summed E-state index contributed by atoms with van der Waals surface area (Å²) in [6.45, 7) is 2.50. The Hall–Kier alpha value is -2.18. The number of carbonyl (C=O) groups excluding carboxylic acids is 1. The lowest BCUT2D eigenvalue weighted by atomic mass is 10.2. The van der Waals surface area contributed by atoms with Crippen LogP contribution < -0.4 is 5.32 Å². The van der Waals surface area contributed by atoms with E-state index in [1.54, 1.807) is 10.9 Å².